The molecule has 0 aliphatic carbocycles. The molecule has 9 heteroatoms. The summed E-state index contributed by atoms with van der Waals surface area (Å²) >= 11 is 1.49. The van der Waals surface area contributed by atoms with Gasteiger partial charge in [0.2, 0.25) is 11.1 Å². The first-order valence-electron chi connectivity index (χ1n) is 11.5. The number of carbonyl (C=O) groups is 2. The molecule has 0 fully saturated rings. The van der Waals surface area contributed by atoms with Crippen LogP contribution in [0.15, 0.2) is 65.8 Å². The van der Waals surface area contributed by atoms with Gasteiger partial charge < -0.3 is 10.3 Å². The number of nitrogens with zero attached hydrogens (tertiary/aromatic N) is 2. The number of rotatable bonds is 6. The standard InChI is InChI=1S/C27H26N6O2S/c1-27(2,3)17-10-8-16(9-11-17)15-36-26-31-25(32-33-26)30-24(35)22-13-12-18(28-22)14-20-19-6-4-5-7-21(19)29-23(20)34/h4-14,28H,15H2,1-3H3,(H,29,34)(H2,30,31,32,33,35)/b20-14-. The van der Waals surface area contributed by atoms with Gasteiger partial charge >= 0.3 is 0 Å². The van der Waals surface area contributed by atoms with E-state index in [1.54, 1.807) is 18.2 Å². The quantitative estimate of drug-likeness (QED) is 0.208. The highest BCUT2D eigenvalue weighted by Crippen LogP contribution is 2.32. The summed E-state index contributed by atoms with van der Waals surface area (Å²) in [6.45, 7) is 6.58. The van der Waals surface area contributed by atoms with E-state index >= 15 is 0 Å². The lowest BCUT2D eigenvalue weighted by molar-refractivity contribution is -0.110. The van der Waals surface area contributed by atoms with E-state index in [-0.39, 0.29) is 23.2 Å². The number of hydrogen-bond donors (Lipinski definition) is 4. The molecule has 0 saturated heterocycles. The van der Waals surface area contributed by atoms with Gasteiger partial charge in [-0.25, -0.2) is 5.10 Å². The molecular formula is C27H26N6O2S. The minimum atomic E-state index is -0.360. The fourth-order valence-electron chi connectivity index (χ4n) is 3.86. The van der Waals surface area contributed by atoms with Crippen molar-refractivity contribution in [3.8, 4) is 0 Å². The first-order valence-corrected chi connectivity index (χ1v) is 12.5. The minimum Gasteiger partial charge on any atom is -0.351 e. The number of carbonyl (C=O) groups excluding carboxylic acids is 2. The predicted octanol–water partition coefficient (Wildman–Crippen LogP) is 5.47. The molecule has 8 nitrogen and oxygen atoms in total. The summed E-state index contributed by atoms with van der Waals surface area (Å²) in [5, 5.41) is 13.1. The Balaban J connectivity index is 1.20. The van der Waals surface area contributed by atoms with Gasteiger partial charge in [-0.2, -0.15) is 4.98 Å². The maximum absolute atomic E-state index is 12.7. The van der Waals surface area contributed by atoms with Gasteiger partial charge in [-0.1, -0.05) is 75.0 Å². The summed E-state index contributed by atoms with van der Waals surface area (Å²) in [4.78, 5) is 32.4. The van der Waals surface area contributed by atoms with Crippen LogP contribution >= 0.6 is 11.8 Å². The van der Waals surface area contributed by atoms with Crippen LogP contribution in [0.4, 0.5) is 11.6 Å². The molecule has 182 valence electrons. The average Bonchev–Trinajstić information content (AvgIpc) is 3.57. The SMILES string of the molecule is CC(C)(C)c1ccc(CSc2n[nH]c(NC(=O)c3ccc(/C=C4\C(=O)Nc5ccccc54)[nH]3)n2)cc1. The number of fused-ring (bicyclic) bond motifs is 1. The Morgan fingerprint density at radius 2 is 1.83 bits per heavy atom. The topological polar surface area (TPSA) is 116 Å². The van der Waals surface area contributed by atoms with Gasteiger partial charge in [0.25, 0.3) is 11.8 Å². The van der Waals surface area contributed by atoms with E-state index in [0.717, 1.165) is 17.0 Å². The zero-order valence-electron chi connectivity index (χ0n) is 20.2. The molecule has 0 radical (unpaired) electrons. The Morgan fingerprint density at radius 3 is 2.61 bits per heavy atom. The summed E-state index contributed by atoms with van der Waals surface area (Å²) in [6.07, 6.45) is 1.73. The summed E-state index contributed by atoms with van der Waals surface area (Å²) in [5.74, 6) is 0.459. The average molecular weight is 499 g/mol. The van der Waals surface area contributed by atoms with E-state index in [1.807, 2.05) is 24.3 Å². The molecule has 0 saturated carbocycles. The summed E-state index contributed by atoms with van der Waals surface area (Å²) in [6, 6.07) is 19.4. The lowest BCUT2D eigenvalue weighted by Gasteiger charge is -2.19. The fourth-order valence-corrected chi connectivity index (χ4v) is 4.61. The van der Waals surface area contributed by atoms with E-state index in [1.165, 1.54) is 22.9 Å². The lowest BCUT2D eigenvalue weighted by Crippen LogP contribution is -2.13. The second kappa shape index (κ2) is 9.50. The van der Waals surface area contributed by atoms with E-state index in [4.69, 9.17) is 0 Å². The molecule has 4 N–H and O–H groups in total. The number of para-hydroxylation sites is 1. The van der Waals surface area contributed by atoms with Gasteiger partial charge in [0, 0.05) is 22.7 Å². The minimum absolute atomic E-state index is 0.121. The number of nitrogens with one attached hydrogen (secondary N) is 4. The maximum Gasteiger partial charge on any atom is 0.274 e. The van der Waals surface area contributed by atoms with E-state index in [0.29, 0.717) is 22.1 Å². The molecule has 0 unspecified atom stereocenters. The second-order valence-corrected chi connectivity index (χ2v) is 10.5. The summed E-state index contributed by atoms with van der Waals surface area (Å²) < 4.78 is 0. The lowest BCUT2D eigenvalue weighted by atomic mass is 9.87. The van der Waals surface area contributed by atoms with Gasteiger partial charge in [-0.15, -0.1) is 5.10 Å². The molecule has 0 atom stereocenters. The van der Waals surface area contributed by atoms with Gasteiger partial charge in [-0.05, 0) is 40.8 Å². The Bertz CT molecular complexity index is 1460. The number of amides is 2. The Labute approximate surface area is 213 Å². The van der Waals surface area contributed by atoms with Gasteiger partial charge in [0.1, 0.15) is 5.69 Å². The third kappa shape index (κ3) is 5.11. The number of anilines is 2. The zero-order valence-corrected chi connectivity index (χ0v) is 21.0. The highest BCUT2D eigenvalue weighted by Gasteiger charge is 2.23. The molecular weight excluding hydrogens is 472 g/mol. The van der Waals surface area contributed by atoms with Crippen molar-refractivity contribution in [1.29, 1.82) is 0 Å². The molecule has 0 spiro atoms. The number of aromatic amines is 2. The van der Waals surface area contributed by atoms with Crippen molar-refractivity contribution >= 4 is 46.9 Å². The third-order valence-electron chi connectivity index (χ3n) is 5.85. The van der Waals surface area contributed by atoms with Gasteiger partial charge in [0.15, 0.2) is 0 Å². The number of thioether (sulfide) groups is 1. The fraction of sp³-hybridized carbons (Fsp3) is 0.185. The smallest absolute Gasteiger partial charge is 0.274 e. The second-order valence-electron chi connectivity index (χ2n) is 9.54. The third-order valence-corrected chi connectivity index (χ3v) is 6.77. The van der Waals surface area contributed by atoms with Gasteiger partial charge in [-0.3, -0.25) is 14.9 Å². The molecule has 1 aliphatic heterocycles. The Morgan fingerprint density at radius 1 is 1.06 bits per heavy atom. The normalized spacial score (nSPS) is 14.1. The van der Waals surface area contributed by atoms with Crippen LogP contribution in [-0.4, -0.2) is 32.0 Å². The van der Waals surface area contributed by atoms with Crippen LogP contribution in [-0.2, 0) is 16.0 Å². The van der Waals surface area contributed by atoms with Crippen molar-refractivity contribution in [2.45, 2.75) is 37.1 Å². The first-order chi connectivity index (χ1) is 17.3. The van der Waals surface area contributed by atoms with Crippen LogP contribution in [0.5, 0.6) is 0 Å². The van der Waals surface area contributed by atoms with Crippen LogP contribution < -0.4 is 10.6 Å². The number of benzene rings is 2. The maximum atomic E-state index is 12.7. The van der Waals surface area contributed by atoms with Crippen LogP contribution in [0.3, 0.4) is 0 Å². The molecule has 3 heterocycles. The highest BCUT2D eigenvalue weighted by atomic mass is 32.2. The van der Waals surface area contributed by atoms with E-state index < -0.39 is 0 Å². The van der Waals surface area contributed by atoms with Crippen molar-refractivity contribution in [3.05, 3.63) is 88.7 Å². The van der Waals surface area contributed by atoms with Crippen molar-refractivity contribution in [1.82, 2.24) is 20.2 Å². The predicted molar refractivity (Wildman–Crippen MR) is 143 cm³/mol. The summed E-state index contributed by atoms with van der Waals surface area (Å²) in [7, 11) is 0. The molecule has 4 aromatic rings. The number of aromatic nitrogens is 4. The Hall–Kier alpha value is -4.11. The summed E-state index contributed by atoms with van der Waals surface area (Å²) in [5.41, 5.74) is 5.74. The molecule has 2 amide bonds. The van der Waals surface area contributed by atoms with E-state index in [2.05, 4.69) is 75.8 Å². The van der Waals surface area contributed by atoms with E-state index in [9.17, 15) is 9.59 Å². The number of H-pyrrole nitrogens is 2. The first kappa shape index (κ1) is 23.6. The molecule has 2 aromatic heterocycles. The largest absolute Gasteiger partial charge is 0.351 e. The molecule has 0 bridgehead atoms. The monoisotopic (exact) mass is 498 g/mol. The number of hydrogen-bond acceptors (Lipinski definition) is 5. The van der Waals surface area contributed by atoms with Crippen molar-refractivity contribution in [2.24, 2.45) is 0 Å². The van der Waals surface area contributed by atoms with Gasteiger partial charge in [0.05, 0.1) is 5.57 Å². The highest BCUT2D eigenvalue weighted by molar-refractivity contribution is 7.98. The van der Waals surface area contributed by atoms with Crippen molar-refractivity contribution in [3.63, 3.8) is 0 Å². The zero-order chi connectivity index (χ0) is 25.3. The molecule has 2 aromatic carbocycles. The Kier molecular flexibility index (Phi) is 6.24. The van der Waals surface area contributed by atoms with Crippen LogP contribution in [0.1, 0.15) is 53.6 Å². The van der Waals surface area contributed by atoms with Crippen LogP contribution in [0.2, 0.25) is 0 Å². The molecule has 1 aliphatic rings. The van der Waals surface area contributed by atoms with Crippen molar-refractivity contribution < 1.29 is 9.59 Å². The molecule has 5 rings (SSSR count). The van der Waals surface area contributed by atoms with Crippen LogP contribution in [0, 0.1) is 0 Å². The van der Waals surface area contributed by atoms with Crippen LogP contribution in [0.25, 0.3) is 11.6 Å². The van der Waals surface area contributed by atoms with Crippen molar-refractivity contribution in [2.75, 3.05) is 10.6 Å². The molecule has 36 heavy (non-hydrogen) atoms.